The molecule has 1 N–H and O–H groups in total. The first-order valence-electron chi connectivity index (χ1n) is 20.0. The lowest BCUT2D eigenvalue weighted by atomic mass is 9.44. The summed E-state index contributed by atoms with van der Waals surface area (Å²) in [5, 5.41) is 13.7. The number of rotatable bonds is 5. The Bertz CT molecular complexity index is 2930. The molecule has 0 radical (unpaired) electrons. The number of oxazole rings is 1. The second-order valence-electron chi connectivity index (χ2n) is 16.1. The largest absolute Gasteiger partial charge is 0.507 e. The van der Waals surface area contributed by atoms with E-state index in [0.717, 1.165) is 16.5 Å². The maximum absolute atomic E-state index is 15.4. The van der Waals surface area contributed by atoms with Crippen LogP contribution in [0.1, 0.15) is 35.4 Å². The number of para-hydroxylation sites is 2. The van der Waals surface area contributed by atoms with Gasteiger partial charge < -0.3 is 9.52 Å². The molecule has 6 aromatic carbocycles. The Morgan fingerprint density at radius 2 is 1.41 bits per heavy atom. The minimum Gasteiger partial charge on any atom is -0.507 e. The number of hydrogen-bond donors (Lipinski definition) is 1. The summed E-state index contributed by atoms with van der Waals surface area (Å²) in [4.78, 5) is 66.0. The highest BCUT2D eigenvalue weighted by atomic mass is 16.3. The number of hydrogen-bond acceptors (Lipinski definition) is 7. The summed E-state index contributed by atoms with van der Waals surface area (Å²) >= 11 is 0. The van der Waals surface area contributed by atoms with Gasteiger partial charge in [0.25, 0.3) is 0 Å². The molecule has 4 aliphatic rings. The lowest BCUT2D eigenvalue weighted by Crippen LogP contribution is -2.58. The normalized spacial score (nSPS) is 25.1. The van der Waals surface area contributed by atoms with E-state index >= 15 is 9.59 Å². The average molecular weight is 773 g/mol. The third-order valence-corrected chi connectivity index (χ3v) is 13.3. The molecule has 2 heterocycles. The van der Waals surface area contributed by atoms with Gasteiger partial charge in [0.05, 0.1) is 22.9 Å². The van der Waals surface area contributed by atoms with E-state index in [1.165, 1.54) is 11.0 Å². The third kappa shape index (κ3) is 5.05. The maximum Gasteiger partial charge on any atom is 0.238 e. The number of nitrogens with zero attached hydrogens (tertiary/aromatic N) is 2. The smallest absolute Gasteiger partial charge is 0.238 e. The number of ketones is 2. The lowest BCUT2D eigenvalue weighted by molar-refractivity contribution is -0.135. The van der Waals surface area contributed by atoms with Gasteiger partial charge in [0, 0.05) is 33.9 Å². The Morgan fingerprint density at radius 1 is 0.695 bits per heavy atom. The second kappa shape index (κ2) is 13.2. The Balaban J connectivity index is 1.06. The molecule has 2 amide bonds. The standard InChI is InChI=1S/C51H36N2O6/c54-43-28-38(29-11-3-1-4-12-29)47(56)40-27-39-35(45(51(40,43)32-14-5-2-6-15-32)37-24-21-30-13-7-8-16-34(30)46(37)55)25-26-36-44(39)50(58)53(49(36)57)33-22-19-31(20-23-33)48-52-41-17-9-10-18-42(41)59-48/h1-25,28,36,39-40,44-45,55H,26-27H2. The molecule has 7 aromatic rings. The molecule has 6 atom stereocenters. The Labute approximate surface area is 339 Å². The molecular formula is C51H36N2O6. The number of aromatic hydroxyl groups is 1. The summed E-state index contributed by atoms with van der Waals surface area (Å²) in [6.07, 6.45) is 3.96. The fraction of sp³-hybridized carbons (Fsp3) is 0.157. The quantitative estimate of drug-likeness (QED) is 0.137. The first-order chi connectivity index (χ1) is 28.8. The predicted molar refractivity (Wildman–Crippen MR) is 224 cm³/mol. The van der Waals surface area contributed by atoms with Gasteiger partial charge in [-0.25, -0.2) is 4.98 Å². The van der Waals surface area contributed by atoms with Crippen LogP contribution in [0.3, 0.4) is 0 Å². The summed E-state index contributed by atoms with van der Waals surface area (Å²) < 4.78 is 5.97. The van der Waals surface area contributed by atoms with Crippen molar-refractivity contribution in [3.8, 4) is 17.2 Å². The van der Waals surface area contributed by atoms with E-state index in [9.17, 15) is 14.7 Å². The van der Waals surface area contributed by atoms with Crippen molar-refractivity contribution in [3.05, 3.63) is 180 Å². The van der Waals surface area contributed by atoms with Crippen LogP contribution in [0.4, 0.5) is 5.69 Å². The molecule has 286 valence electrons. The number of imide groups is 1. The highest BCUT2D eigenvalue weighted by molar-refractivity contribution is 6.32. The van der Waals surface area contributed by atoms with Crippen molar-refractivity contribution in [1.82, 2.24) is 4.98 Å². The van der Waals surface area contributed by atoms with Gasteiger partial charge in [0.15, 0.2) is 17.1 Å². The van der Waals surface area contributed by atoms with Crippen LogP contribution < -0.4 is 4.90 Å². The minimum absolute atomic E-state index is 0.0263. The molecule has 8 nitrogen and oxygen atoms in total. The van der Waals surface area contributed by atoms with Gasteiger partial charge >= 0.3 is 0 Å². The van der Waals surface area contributed by atoms with Crippen molar-refractivity contribution in [2.75, 3.05) is 4.90 Å². The summed E-state index contributed by atoms with van der Waals surface area (Å²) in [6, 6.07) is 44.5. The van der Waals surface area contributed by atoms with E-state index in [0.29, 0.717) is 50.4 Å². The molecule has 0 bridgehead atoms. The first kappa shape index (κ1) is 35.0. The zero-order chi connectivity index (χ0) is 40.0. The fourth-order valence-corrected chi connectivity index (χ4v) is 10.7. The van der Waals surface area contributed by atoms with E-state index < -0.39 is 35.0 Å². The van der Waals surface area contributed by atoms with Crippen molar-refractivity contribution in [2.45, 2.75) is 24.2 Å². The van der Waals surface area contributed by atoms with Gasteiger partial charge in [-0.1, -0.05) is 121 Å². The van der Waals surface area contributed by atoms with E-state index in [2.05, 4.69) is 4.98 Å². The summed E-state index contributed by atoms with van der Waals surface area (Å²) in [5.74, 6) is -4.38. The van der Waals surface area contributed by atoms with Crippen LogP contribution in [0.15, 0.2) is 168 Å². The molecule has 8 heteroatoms. The molecule has 1 aliphatic heterocycles. The fourth-order valence-electron chi connectivity index (χ4n) is 10.7. The van der Waals surface area contributed by atoms with Crippen molar-refractivity contribution in [3.63, 3.8) is 0 Å². The second-order valence-corrected chi connectivity index (χ2v) is 16.1. The van der Waals surface area contributed by atoms with Crippen molar-refractivity contribution in [1.29, 1.82) is 0 Å². The van der Waals surface area contributed by atoms with Crippen LogP contribution in [0.2, 0.25) is 0 Å². The van der Waals surface area contributed by atoms with Gasteiger partial charge in [-0.15, -0.1) is 0 Å². The number of aromatic nitrogens is 1. The molecule has 0 spiro atoms. The Hall–Kier alpha value is -7.19. The van der Waals surface area contributed by atoms with E-state index in [1.54, 1.807) is 24.3 Å². The third-order valence-electron chi connectivity index (χ3n) is 13.3. The number of anilines is 1. The highest BCUT2D eigenvalue weighted by Gasteiger charge is 2.66. The minimum atomic E-state index is -1.45. The van der Waals surface area contributed by atoms with Crippen LogP contribution in [-0.2, 0) is 24.6 Å². The van der Waals surface area contributed by atoms with E-state index in [-0.39, 0.29) is 42.0 Å². The molecular weight excluding hydrogens is 737 g/mol. The van der Waals surface area contributed by atoms with E-state index in [1.807, 2.05) is 127 Å². The number of benzene rings is 6. The molecule has 11 rings (SSSR count). The van der Waals surface area contributed by atoms with Gasteiger partial charge in [-0.2, -0.15) is 0 Å². The van der Waals surface area contributed by atoms with Crippen molar-refractivity contribution < 1.29 is 28.7 Å². The summed E-state index contributed by atoms with van der Waals surface area (Å²) in [7, 11) is 0. The maximum atomic E-state index is 15.4. The summed E-state index contributed by atoms with van der Waals surface area (Å²) in [5.41, 5.74) is 4.01. The number of phenols is 1. The van der Waals surface area contributed by atoms with Crippen molar-refractivity contribution in [2.24, 2.45) is 23.7 Å². The van der Waals surface area contributed by atoms with Crippen molar-refractivity contribution >= 4 is 56.5 Å². The zero-order valence-corrected chi connectivity index (χ0v) is 31.7. The van der Waals surface area contributed by atoms with Gasteiger partial charge in [-0.05, 0) is 77.7 Å². The number of amides is 2. The molecule has 59 heavy (non-hydrogen) atoms. The van der Waals surface area contributed by atoms with Crippen LogP contribution in [0, 0.1) is 23.7 Å². The number of phenolic OH excluding ortho intramolecular Hbond substituents is 1. The number of carbonyl (C=O) groups excluding carboxylic acids is 4. The van der Waals surface area contributed by atoms with E-state index in [4.69, 9.17) is 4.42 Å². The Kier molecular flexibility index (Phi) is 7.82. The number of fused-ring (bicyclic) bond motifs is 6. The zero-order valence-electron chi connectivity index (χ0n) is 31.7. The predicted octanol–water partition coefficient (Wildman–Crippen LogP) is 9.38. The number of Topliss-reactive ketones (excluding diaryl/α,β-unsaturated/α-hetero) is 1. The first-order valence-corrected chi connectivity index (χ1v) is 20.0. The van der Waals surface area contributed by atoms with Crippen LogP contribution in [-0.4, -0.2) is 33.5 Å². The highest BCUT2D eigenvalue weighted by Crippen LogP contribution is 2.65. The molecule has 1 aromatic heterocycles. The SMILES string of the molecule is O=C1C(c2ccccc2)=CC(=O)C2(c3ccccc3)C1CC1C(=CCC3C(=O)N(c4ccc(-c5nc6ccccc6o5)cc4)C(=O)C31)C2c1ccc2ccccc2c1O. The molecule has 2 fully saturated rings. The monoisotopic (exact) mass is 772 g/mol. The van der Waals surface area contributed by atoms with Crippen LogP contribution in [0.5, 0.6) is 5.75 Å². The molecule has 3 aliphatic carbocycles. The topological polar surface area (TPSA) is 118 Å². The molecule has 1 saturated heterocycles. The average Bonchev–Trinajstić information content (AvgIpc) is 3.83. The van der Waals surface area contributed by atoms with Gasteiger partial charge in [0.1, 0.15) is 11.3 Å². The Morgan fingerprint density at radius 3 is 2.19 bits per heavy atom. The summed E-state index contributed by atoms with van der Waals surface area (Å²) in [6.45, 7) is 0. The lowest BCUT2D eigenvalue weighted by Gasteiger charge is -2.55. The van der Waals surface area contributed by atoms with Gasteiger partial charge in [0.2, 0.25) is 17.7 Å². The van der Waals surface area contributed by atoms with Crippen LogP contribution >= 0.6 is 0 Å². The molecule has 1 saturated carbocycles. The molecule has 6 unspecified atom stereocenters. The van der Waals surface area contributed by atoms with Gasteiger partial charge in [-0.3, -0.25) is 24.1 Å². The number of allylic oxidation sites excluding steroid dienone is 4. The van der Waals surface area contributed by atoms with Crippen LogP contribution in [0.25, 0.3) is 38.9 Å². The number of carbonyl (C=O) groups is 4.